The molecule has 9 aliphatic rings. The normalized spacial score (nSPS) is 24.4. The number of hydrogen-bond acceptors (Lipinski definition) is 13. The lowest BCUT2D eigenvalue weighted by molar-refractivity contribution is -0.904. The molecule has 1 amide bonds. The first-order chi connectivity index (χ1) is 69.4. The molecule has 4 saturated carbocycles. The lowest BCUT2D eigenvalue weighted by Gasteiger charge is -2.36. The van der Waals surface area contributed by atoms with E-state index in [-0.39, 0.29) is 11.7 Å². The van der Waals surface area contributed by atoms with Gasteiger partial charge < -0.3 is 87.7 Å². The molecule has 7 aromatic rings. The molecular weight excluding hydrogens is 1810 g/mol. The van der Waals surface area contributed by atoms with Gasteiger partial charge in [0.1, 0.15) is 56.2 Å². The van der Waals surface area contributed by atoms with E-state index in [1.165, 1.54) is 319 Å². The molecule has 5 aliphatic heterocycles. The molecule has 9 N–H and O–H groups in total. The molecule has 21 heteroatoms. The second-order valence-electron chi connectivity index (χ2n) is 45.2. The summed E-state index contributed by atoms with van der Waals surface area (Å²) in [5.41, 5.74) is 13.9. The minimum atomic E-state index is -0.429. The van der Waals surface area contributed by atoms with Gasteiger partial charge in [0, 0.05) is 122 Å². The monoisotopic (exact) mass is 1990 g/mol. The van der Waals surface area contributed by atoms with Crippen molar-refractivity contribution in [3.8, 4) is 40.2 Å². The molecule has 5 heterocycles. The lowest BCUT2D eigenvalue weighted by atomic mass is 9.68. The number of quaternary nitrogens is 6. The number of methoxy groups -OCH3 is 7. The summed E-state index contributed by atoms with van der Waals surface area (Å²) in [6.07, 6.45) is 45.9. The van der Waals surface area contributed by atoms with Crippen molar-refractivity contribution in [2.24, 2.45) is 51.8 Å². The number of aryl methyl sites for hydroxylation is 2. The van der Waals surface area contributed by atoms with Crippen LogP contribution < -0.4 is 68.3 Å². The van der Waals surface area contributed by atoms with E-state index in [1.54, 1.807) is 95.3 Å². The quantitative estimate of drug-likeness (QED) is 0.0133. The SMILES string of the molecule is CCCCC[C@H]1[C@@H](CC(C)=O)CC[C@@H]1[NH2+]CCC[NH+](C)C.COCc1cc(C[NH+]2CCC3(CCCC(Cc4cc(OC)ccc4F)C3)C2)ccc1C.COc1ccc(CCCCCC2CCOCC2)cc1OC[C@H](O)C[NH+]1CCCC1.COc1cccc(CC2CCCC3(CC[NH+](Cc4ccc(NC(C)=O)cc4)C3)C2)c1OC.COc1cccc(CC2CCCC3(CC[NH+](Cc4ccc(SC)cc4)C3)C2)c1OC. The van der Waals surface area contributed by atoms with Gasteiger partial charge >= 0.3 is 0 Å². The zero-order valence-corrected chi connectivity index (χ0v) is 91.5. The number of para-hydroxylation sites is 2. The zero-order chi connectivity index (χ0) is 101. The molecule has 790 valence electrons. The number of carbonyl (C=O) groups is 2. The van der Waals surface area contributed by atoms with Gasteiger partial charge in [-0.25, -0.2) is 4.39 Å². The van der Waals surface area contributed by atoms with Crippen molar-refractivity contribution in [1.82, 2.24) is 0 Å². The average molecular weight is 2000 g/mol. The molecule has 143 heavy (non-hydrogen) atoms. The Hall–Kier alpha value is -7.80. The average Bonchev–Trinajstić information content (AvgIpc) is 1.69. The van der Waals surface area contributed by atoms with Crippen molar-refractivity contribution >= 4 is 29.1 Å². The van der Waals surface area contributed by atoms with E-state index in [1.807, 2.05) is 48.2 Å². The molecule has 9 fully saturated rings. The highest BCUT2D eigenvalue weighted by molar-refractivity contribution is 7.98. The highest BCUT2D eigenvalue weighted by atomic mass is 32.2. The number of anilines is 1. The van der Waals surface area contributed by atoms with Crippen LogP contribution >= 0.6 is 11.8 Å². The van der Waals surface area contributed by atoms with Gasteiger partial charge in [0.25, 0.3) is 0 Å². The number of halogens is 1. The van der Waals surface area contributed by atoms with Crippen LogP contribution in [0.5, 0.6) is 40.2 Å². The number of nitrogens with two attached hydrogens (primary N) is 1. The Morgan fingerprint density at radius 3 is 1.62 bits per heavy atom. The van der Waals surface area contributed by atoms with E-state index in [0.717, 1.165) is 140 Å². The second-order valence-corrected chi connectivity index (χ2v) is 46.0. The van der Waals surface area contributed by atoms with E-state index in [2.05, 4.69) is 136 Å². The Morgan fingerprint density at radius 1 is 0.531 bits per heavy atom. The first-order valence-electron chi connectivity index (χ1n) is 55.7. The standard InChI is InChI=1S/C27H36FNO2.C27H36N2O3.C26H35NO2S.C24H39NO4.C18H36N2O/c1-20-6-7-22(14-24(20)18-30-2)17-29-12-11-27(19-29)10-4-5-21(16-27)13-23-15-25(31-3)8-9-26(23)28;1-20(30)28-24-11-9-21(10-12-24)18-29-15-14-27(19-29)13-5-6-22(17-27)16-23-7-4-8-25(31-2)26(23)32-3;1-28-24-8-4-7-22(25(24)29-2)16-21-6-5-13-26(17-21)14-15-27(19-26)18-20-9-11-23(30-3)12-10-20;1-27-23-10-9-21(8-4-2-3-7-20-11-15-28-16-12-20)17-24(23)29-19-22(26)18-25-13-5-6-14-25;1-5-6-7-9-17-16(14-15(2)21)10-11-18(17)19-12-8-13-20(3)4/h6-9,14-15,21H,4-5,10-13,16-19H2,1-3H3;4,7-12,22H,5-6,13-19H2,1-3H3,(H,28,30);4,7-12,21H,5-6,13-19H2,1-3H3;9-10,17,20,22,26H,2-8,11-16,18-19H2,1H3;16-19H,5-14H2,1-4H3/p+6/t;;;22-;16-,17+,18+/m...11/s1. The largest absolute Gasteiger partial charge is 0.497 e. The van der Waals surface area contributed by atoms with Crippen molar-refractivity contribution in [1.29, 1.82) is 0 Å². The molecule has 5 saturated heterocycles. The highest BCUT2D eigenvalue weighted by Crippen LogP contribution is 2.49. The Morgan fingerprint density at radius 2 is 1.08 bits per heavy atom. The van der Waals surface area contributed by atoms with E-state index >= 15 is 0 Å². The minimum Gasteiger partial charge on any atom is -0.497 e. The fraction of sp³-hybridized carbons (Fsp3) is 0.639. The maximum Gasteiger partial charge on any atom is 0.221 e. The summed E-state index contributed by atoms with van der Waals surface area (Å²) < 4.78 is 64.3. The predicted octanol–water partition coefficient (Wildman–Crippen LogP) is 16.7. The van der Waals surface area contributed by atoms with Crippen LogP contribution in [-0.2, 0) is 71.0 Å². The van der Waals surface area contributed by atoms with Crippen LogP contribution in [0.25, 0.3) is 0 Å². The van der Waals surface area contributed by atoms with Gasteiger partial charge in [0.05, 0.1) is 135 Å². The minimum absolute atomic E-state index is 0.0247. The van der Waals surface area contributed by atoms with Crippen LogP contribution in [-0.4, -0.2) is 191 Å². The summed E-state index contributed by atoms with van der Waals surface area (Å²) in [5, 5.41) is 15.8. The summed E-state index contributed by atoms with van der Waals surface area (Å²) in [4.78, 5) is 32.3. The summed E-state index contributed by atoms with van der Waals surface area (Å²) >= 11 is 1.82. The molecule has 0 aromatic heterocycles. The highest BCUT2D eigenvalue weighted by Gasteiger charge is 2.48. The molecule has 0 bridgehead atoms. The topological polar surface area (TPSA) is 188 Å². The number of aliphatic hydroxyl groups excluding tert-OH is 1. The summed E-state index contributed by atoms with van der Waals surface area (Å²) in [5.74, 6) is 10.4. The number of likely N-dealkylation sites (tertiary alicyclic amines) is 4. The molecule has 16 rings (SSSR count). The third kappa shape index (κ3) is 36.3. The van der Waals surface area contributed by atoms with E-state index < -0.39 is 6.10 Å². The molecular formula is C122H188FN7O12S+6. The first kappa shape index (κ1) is 114. The lowest BCUT2D eigenvalue weighted by Crippen LogP contribution is -3.11. The summed E-state index contributed by atoms with van der Waals surface area (Å²) in [6, 6.07) is 49.0. The van der Waals surface area contributed by atoms with Crippen LogP contribution in [0.2, 0.25) is 0 Å². The third-order valence-electron chi connectivity index (χ3n) is 33.8. The number of carbonyl (C=O) groups excluding carboxylic acids is 2. The number of thioether (sulfide) groups is 1. The first-order valence-corrected chi connectivity index (χ1v) is 57.0. The van der Waals surface area contributed by atoms with E-state index in [0.29, 0.717) is 53.0 Å². The fourth-order valence-electron chi connectivity index (χ4n) is 26.6. The Balaban J connectivity index is 0.000000161. The van der Waals surface area contributed by atoms with Gasteiger partial charge in [-0.1, -0.05) is 151 Å². The molecule has 13 atom stereocenters. The van der Waals surface area contributed by atoms with Gasteiger partial charge in [-0.2, -0.15) is 0 Å². The second kappa shape index (κ2) is 59.4. The maximum absolute atomic E-state index is 14.4. The number of rotatable bonds is 44. The van der Waals surface area contributed by atoms with Crippen LogP contribution in [0.4, 0.5) is 10.1 Å². The molecule has 4 aliphatic carbocycles. The van der Waals surface area contributed by atoms with Crippen LogP contribution in [0.3, 0.4) is 0 Å². The maximum atomic E-state index is 14.4. The van der Waals surface area contributed by atoms with Gasteiger partial charge in [-0.15, -0.1) is 11.8 Å². The zero-order valence-electron chi connectivity index (χ0n) is 90.7. The number of nitrogens with one attached hydrogen (secondary N) is 6. The Labute approximate surface area is 865 Å². The van der Waals surface area contributed by atoms with Gasteiger partial charge in [-0.3, -0.25) is 4.79 Å². The van der Waals surface area contributed by atoms with E-state index in [4.69, 9.17) is 42.6 Å². The van der Waals surface area contributed by atoms with Gasteiger partial charge in [0.2, 0.25) is 5.91 Å². The predicted molar refractivity (Wildman–Crippen MR) is 578 cm³/mol. The summed E-state index contributed by atoms with van der Waals surface area (Å²) in [7, 11) is 16.5. The Bertz CT molecular complexity index is 4900. The number of aliphatic hydroxyl groups is 1. The van der Waals surface area contributed by atoms with Crippen molar-refractivity contribution < 1.29 is 91.5 Å². The molecule has 3 spiro atoms. The van der Waals surface area contributed by atoms with Crippen molar-refractivity contribution in [2.45, 2.75) is 296 Å². The molecule has 7 aromatic carbocycles. The van der Waals surface area contributed by atoms with Gasteiger partial charge in [-0.05, 0) is 259 Å². The van der Waals surface area contributed by atoms with Crippen LogP contribution in [0, 0.1) is 64.5 Å². The smallest absolute Gasteiger partial charge is 0.221 e. The van der Waals surface area contributed by atoms with E-state index in [9.17, 15) is 19.1 Å². The summed E-state index contributed by atoms with van der Waals surface area (Å²) in [6.45, 7) is 27.3. The molecule has 19 nitrogen and oxygen atoms in total. The number of Topliss-reactive ketones (excluding diaryl/α,β-unsaturated/α-hetero) is 1. The van der Waals surface area contributed by atoms with Gasteiger partial charge in [0.15, 0.2) is 34.5 Å². The van der Waals surface area contributed by atoms with Crippen molar-refractivity contribution in [3.63, 3.8) is 0 Å². The van der Waals surface area contributed by atoms with Crippen molar-refractivity contribution in [3.05, 3.63) is 195 Å². The third-order valence-corrected chi connectivity index (χ3v) is 34.5. The molecule has 0 radical (unpaired) electrons. The number of benzene rings is 7. The number of amides is 1. The van der Waals surface area contributed by atoms with Crippen LogP contribution in [0.1, 0.15) is 270 Å². The fourth-order valence-corrected chi connectivity index (χ4v) is 27.0. The number of ether oxygens (including phenoxy) is 9. The van der Waals surface area contributed by atoms with Crippen LogP contribution in [0.15, 0.2) is 144 Å². The Kier molecular flexibility index (Phi) is 47.3. The molecule has 9 unspecified atom stereocenters. The number of hydrogen-bond donors (Lipinski definition) is 8. The van der Waals surface area contributed by atoms with Crippen molar-refractivity contribution in [2.75, 3.05) is 167 Å². The number of ketones is 1. The number of unbranched alkanes of at least 4 members (excludes halogenated alkanes) is 4.